The van der Waals surface area contributed by atoms with Crippen LogP contribution in [0.25, 0.3) is 17.0 Å². The summed E-state index contributed by atoms with van der Waals surface area (Å²) in [6, 6.07) is 12.2. The van der Waals surface area contributed by atoms with E-state index in [1.807, 2.05) is 31.2 Å². The number of aryl methyl sites for hydroxylation is 1. The molecule has 3 N–H and O–H groups in total. The highest BCUT2D eigenvalue weighted by Gasteiger charge is 2.11. The van der Waals surface area contributed by atoms with E-state index < -0.39 is 5.91 Å². The molecule has 0 saturated heterocycles. The summed E-state index contributed by atoms with van der Waals surface area (Å²) >= 11 is 5.91. The van der Waals surface area contributed by atoms with Gasteiger partial charge in [-0.15, -0.1) is 0 Å². The fourth-order valence-corrected chi connectivity index (χ4v) is 2.91. The first-order chi connectivity index (χ1) is 12.5. The Bertz CT molecular complexity index is 1020. The Morgan fingerprint density at radius 1 is 1.23 bits per heavy atom. The number of anilines is 1. The highest BCUT2D eigenvalue weighted by Crippen LogP contribution is 2.27. The number of rotatable bonds is 5. The standard InChI is InChI=1S/C20H17ClN2O3/c1-2-17-14(13-5-3-4-6-18(13)26-17)8-10-19(24)23-12-7-9-16(21)15(11-12)20(22)25/h3-11H,2H2,1H3,(H2,22,25)(H,23,24)/b10-8+. The van der Waals surface area contributed by atoms with Crippen molar-refractivity contribution in [3.8, 4) is 0 Å². The van der Waals surface area contributed by atoms with Gasteiger partial charge in [0, 0.05) is 29.1 Å². The molecule has 0 unspecified atom stereocenters. The minimum absolute atomic E-state index is 0.155. The summed E-state index contributed by atoms with van der Waals surface area (Å²) in [5.41, 5.74) is 7.52. The topological polar surface area (TPSA) is 85.3 Å². The van der Waals surface area contributed by atoms with E-state index >= 15 is 0 Å². The van der Waals surface area contributed by atoms with Gasteiger partial charge in [0.15, 0.2) is 0 Å². The Morgan fingerprint density at radius 2 is 2.00 bits per heavy atom. The van der Waals surface area contributed by atoms with Gasteiger partial charge in [0.2, 0.25) is 11.8 Å². The molecule has 1 aromatic heterocycles. The highest BCUT2D eigenvalue weighted by atomic mass is 35.5. The summed E-state index contributed by atoms with van der Waals surface area (Å²) in [6.45, 7) is 1.99. The molecule has 6 heteroatoms. The Morgan fingerprint density at radius 3 is 2.73 bits per heavy atom. The van der Waals surface area contributed by atoms with Crippen molar-refractivity contribution in [1.82, 2.24) is 0 Å². The average Bonchev–Trinajstić information content (AvgIpc) is 2.99. The van der Waals surface area contributed by atoms with Crippen LogP contribution < -0.4 is 11.1 Å². The van der Waals surface area contributed by atoms with E-state index in [1.165, 1.54) is 18.2 Å². The third-order valence-corrected chi connectivity index (χ3v) is 4.26. The van der Waals surface area contributed by atoms with Crippen LogP contribution in [-0.4, -0.2) is 11.8 Å². The molecule has 3 aromatic rings. The van der Waals surface area contributed by atoms with Gasteiger partial charge in [0.25, 0.3) is 0 Å². The van der Waals surface area contributed by atoms with Gasteiger partial charge in [-0.25, -0.2) is 0 Å². The summed E-state index contributed by atoms with van der Waals surface area (Å²) in [7, 11) is 0. The van der Waals surface area contributed by atoms with E-state index in [0.29, 0.717) is 5.69 Å². The van der Waals surface area contributed by atoms with Gasteiger partial charge in [-0.1, -0.05) is 36.7 Å². The molecule has 0 fully saturated rings. The average molecular weight is 369 g/mol. The Hall–Kier alpha value is -3.05. The first-order valence-electron chi connectivity index (χ1n) is 8.08. The molecule has 132 valence electrons. The van der Waals surface area contributed by atoms with Gasteiger partial charge in [0.1, 0.15) is 11.3 Å². The number of hydrogen-bond donors (Lipinski definition) is 2. The van der Waals surface area contributed by atoms with Crippen molar-refractivity contribution < 1.29 is 14.0 Å². The van der Waals surface area contributed by atoms with Crippen LogP contribution >= 0.6 is 11.6 Å². The third kappa shape index (κ3) is 3.63. The molecule has 1 heterocycles. The second kappa shape index (κ2) is 7.45. The minimum atomic E-state index is -0.654. The Labute approximate surface area is 155 Å². The molecule has 26 heavy (non-hydrogen) atoms. The molecule has 0 aliphatic heterocycles. The van der Waals surface area contributed by atoms with Crippen molar-refractivity contribution in [2.45, 2.75) is 13.3 Å². The minimum Gasteiger partial charge on any atom is -0.460 e. The zero-order valence-electron chi connectivity index (χ0n) is 14.1. The number of furan rings is 1. The quantitative estimate of drug-likeness (QED) is 0.654. The second-order valence-corrected chi connectivity index (χ2v) is 6.08. The van der Waals surface area contributed by atoms with Gasteiger partial charge in [-0.3, -0.25) is 9.59 Å². The summed E-state index contributed by atoms with van der Waals surface area (Å²) in [5, 5.41) is 3.88. The van der Waals surface area contributed by atoms with Crippen molar-refractivity contribution in [3.63, 3.8) is 0 Å². The number of carbonyl (C=O) groups excluding carboxylic acids is 2. The second-order valence-electron chi connectivity index (χ2n) is 5.67. The number of nitrogens with two attached hydrogens (primary N) is 1. The summed E-state index contributed by atoms with van der Waals surface area (Å²) in [4.78, 5) is 23.6. The zero-order valence-corrected chi connectivity index (χ0v) is 14.8. The first kappa shape index (κ1) is 17.8. The number of primary amides is 1. The molecule has 0 aliphatic carbocycles. The number of nitrogens with one attached hydrogen (secondary N) is 1. The fraction of sp³-hybridized carbons (Fsp3) is 0.100. The van der Waals surface area contributed by atoms with Crippen LogP contribution in [0, 0.1) is 0 Å². The molecule has 0 spiro atoms. The number of halogens is 1. The monoisotopic (exact) mass is 368 g/mol. The summed E-state index contributed by atoms with van der Waals surface area (Å²) in [5.74, 6) is -0.174. The Balaban J connectivity index is 1.83. The van der Waals surface area contributed by atoms with Crippen molar-refractivity contribution in [1.29, 1.82) is 0 Å². The smallest absolute Gasteiger partial charge is 0.250 e. The normalized spacial score (nSPS) is 11.2. The van der Waals surface area contributed by atoms with Crippen LogP contribution in [0.1, 0.15) is 28.6 Å². The molecular formula is C20H17ClN2O3. The lowest BCUT2D eigenvalue weighted by Crippen LogP contribution is -2.13. The van der Waals surface area contributed by atoms with E-state index in [-0.39, 0.29) is 16.5 Å². The zero-order chi connectivity index (χ0) is 18.7. The molecule has 5 nitrogen and oxygen atoms in total. The SMILES string of the molecule is CCc1oc2ccccc2c1/C=C/C(=O)Nc1ccc(Cl)c(C(N)=O)c1. The van der Waals surface area contributed by atoms with Gasteiger partial charge in [-0.2, -0.15) is 0 Å². The van der Waals surface area contributed by atoms with E-state index in [1.54, 1.807) is 12.1 Å². The molecular weight excluding hydrogens is 352 g/mol. The molecule has 0 atom stereocenters. The maximum atomic E-state index is 12.2. The summed E-state index contributed by atoms with van der Waals surface area (Å²) < 4.78 is 5.81. The predicted octanol–water partition coefficient (Wildman–Crippen LogP) is 4.40. The molecule has 0 bridgehead atoms. The van der Waals surface area contributed by atoms with Gasteiger partial charge < -0.3 is 15.5 Å². The Kier molecular flexibility index (Phi) is 5.09. The molecule has 3 rings (SSSR count). The largest absolute Gasteiger partial charge is 0.460 e. The predicted molar refractivity (Wildman–Crippen MR) is 103 cm³/mol. The van der Waals surface area contributed by atoms with Crippen LogP contribution in [0.4, 0.5) is 5.69 Å². The van der Waals surface area contributed by atoms with Gasteiger partial charge in [0.05, 0.1) is 10.6 Å². The number of amides is 2. The van der Waals surface area contributed by atoms with Crippen molar-refractivity contribution in [2.24, 2.45) is 5.73 Å². The number of hydrogen-bond acceptors (Lipinski definition) is 3. The van der Waals surface area contributed by atoms with Crippen LogP contribution in [0.2, 0.25) is 5.02 Å². The maximum absolute atomic E-state index is 12.2. The van der Waals surface area contributed by atoms with Crippen LogP contribution in [-0.2, 0) is 11.2 Å². The van der Waals surface area contributed by atoms with Crippen molar-refractivity contribution in [2.75, 3.05) is 5.32 Å². The van der Waals surface area contributed by atoms with E-state index in [9.17, 15) is 9.59 Å². The van der Waals surface area contributed by atoms with Gasteiger partial charge in [-0.05, 0) is 30.3 Å². The number of para-hydroxylation sites is 1. The molecule has 2 amide bonds. The van der Waals surface area contributed by atoms with E-state index in [2.05, 4.69) is 5.32 Å². The lowest BCUT2D eigenvalue weighted by Gasteiger charge is -2.05. The maximum Gasteiger partial charge on any atom is 0.250 e. The summed E-state index contributed by atoms with van der Waals surface area (Å²) in [6.07, 6.45) is 3.87. The van der Waals surface area contributed by atoms with Crippen LogP contribution in [0.3, 0.4) is 0 Å². The molecule has 0 saturated carbocycles. The van der Waals surface area contributed by atoms with Crippen molar-refractivity contribution >= 4 is 46.1 Å². The number of carbonyl (C=O) groups is 2. The third-order valence-electron chi connectivity index (χ3n) is 3.93. The highest BCUT2D eigenvalue weighted by molar-refractivity contribution is 6.34. The van der Waals surface area contributed by atoms with Gasteiger partial charge >= 0.3 is 0 Å². The number of fused-ring (bicyclic) bond motifs is 1. The van der Waals surface area contributed by atoms with E-state index in [4.69, 9.17) is 21.8 Å². The number of benzene rings is 2. The molecule has 0 aliphatic rings. The molecule has 2 aromatic carbocycles. The first-order valence-corrected chi connectivity index (χ1v) is 8.46. The van der Waals surface area contributed by atoms with Crippen LogP contribution in [0.15, 0.2) is 53.0 Å². The lowest BCUT2D eigenvalue weighted by molar-refractivity contribution is -0.111. The van der Waals surface area contributed by atoms with Crippen LogP contribution in [0.5, 0.6) is 0 Å². The fourth-order valence-electron chi connectivity index (χ4n) is 2.70. The van der Waals surface area contributed by atoms with Crippen molar-refractivity contribution in [3.05, 3.63) is 70.5 Å². The lowest BCUT2D eigenvalue weighted by atomic mass is 10.1. The van der Waals surface area contributed by atoms with E-state index in [0.717, 1.165) is 28.7 Å². The molecule has 0 radical (unpaired) electrons.